The molecule has 1 heterocycles. The SMILES string of the molecule is Cc1ccc(-c2nn(-c3ccccc3)cc2C(=O)O[C@H](C)C(=O)NC2CC2)c(C)c1. The second-order valence-corrected chi connectivity index (χ2v) is 7.82. The van der Waals surface area contributed by atoms with Gasteiger partial charge in [0.15, 0.2) is 6.10 Å². The third-order valence-corrected chi connectivity index (χ3v) is 5.17. The van der Waals surface area contributed by atoms with E-state index < -0.39 is 12.1 Å². The van der Waals surface area contributed by atoms with Crippen molar-refractivity contribution in [2.75, 3.05) is 0 Å². The van der Waals surface area contributed by atoms with Crippen molar-refractivity contribution in [2.24, 2.45) is 0 Å². The minimum Gasteiger partial charge on any atom is -0.449 e. The number of nitrogens with one attached hydrogen (secondary N) is 1. The summed E-state index contributed by atoms with van der Waals surface area (Å²) in [6.45, 7) is 5.60. The third kappa shape index (κ3) is 4.27. The molecular formula is C24H25N3O3. The number of ether oxygens (including phenoxy) is 1. The molecule has 6 heteroatoms. The number of hydrogen-bond acceptors (Lipinski definition) is 4. The van der Waals surface area contributed by atoms with E-state index in [2.05, 4.69) is 16.5 Å². The molecule has 1 aliphatic carbocycles. The highest BCUT2D eigenvalue weighted by Gasteiger charge is 2.29. The zero-order chi connectivity index (χ0) is 21.3. The number of para-hydroxylation sites is 1. The minimum absolute atomic E-state index is 0.213. The highest BCUT2D eigenvalue weighted by molar-refractivity contribution is 5.98. The van der Waals surface area contributed by atoms with E-state index >= 15 is 0 Å². The van der Waals surface area contributed by atoms with Crippen molar-refractivity contribution in [1.82, 2.24) is 15.1 Å². The summed E-state index contributed by atoms with van der Waals surface area (Å²) in [4.78, 5) is 25.2. The first-order valence-electron chi connectivity index (χ1n) is 10.2. The van der Waals surface area contributed by atoms with E-state index in [-0.39, 0.29) is 11.9 Å². The molecule has 1 atom stereocenters. The first kappa shape index (κ1) is 19.9. The van der Waals surface area contributed by atoms with E-state index in [1.807, 2.05) is 56.3 Å². The Morgan fingerprint density at radius 2 is 1.87 bits per heavy atom. The number of nitrogens with zero attached hydrogens (tertiary/aromatic N) is 2. The maximum atomic E-state index is 13.0. The quantitative estimate of drug-likeness (QED) is 0.632. The molecular weight excluding hydrogens is 378 g/mol. The predicted molar refractivity (Wildman–Crippen MR) is 115 cm³/mol. The van der Waals surface area contributed by atoms with Crippen LogP contribution in [0.5, 0.6) is 0 Å². The molecule has 30 heavy (non-hydrogen) atoms. The van der Waals surface area contributed by atoms with Crippen LogP contribution < -0.4 is 5.32 Å². The molecule has 2 aromatic carbocycles. The van der Waals surface area contributed by atoms with Gasteiger partial charge in [-0.2, -0.15) is 5.10 Å². The number of benzene rings is 2. The molecule has 1 aliphatic rings. The highest BCUT2D eigenvalue weighted by atomic mass is 16.5. The fourth-order valence-electron chi connectivity index (χ4n) is 3.34. The maximum absolute atomic E-state index is 13.0. The van der Waals surface area contributed by atoms with Crippen molar-refractivity contribution in [1.29, 1.82) is 0 Å². The third-order valence-electron chi connectivity index (χ3n) is 5.17. The number of aryl methyl sites for hydroxylation is 2. The van der Waals surface area contributed by atoms with Crippen molar-refractivity contribution >= 4 is 11.9 Å². The fourth-order valence-corrected chi connectivity index (χ4v) is 3.34. The van der Waals surface area contributed by atoms with Crippen molar-refractivity contribution in [3.05, 3.63) is 71.4 Å². The van der Waals surface area contributed by atoms with Gasteiger partial charge in [0, 0.05) is 17.8 Å². The Morgan fingerprint density at radius 1 is 1.13 bits per heavy atom. The van der Waals surface area contributed by atoms with Crippen LogP contribution in [0.15, 0.2) is 54.7 Å². The van der Waals surface area contributed by atoms with Gasteiger partial charge in [-0.05, 0) is 51.3 Å². The highest BCUT2D eigenvalue weighted by Crippen LogP contribution is 2.28. The zero-order valence-electron chi connectivity index (χ0n) is 17.4. The minimum atomic E-state index is -0.870. The number of amides is 1. The van der Waals surface area contributed by atoms with E-state index in [1.54, 1.807) is 17.8 Å². The Morgan fingerprint density at radius 3 is 2.53 bits per heavy atom. The first-order chi connectivity index (χ1) is 14.4. The van der Waals surface area contributed by atoms with Crippen LogP contribution in [-0.4, -0.2) is 33.8 Å². The second-order valence-electron chi connectivity index (χ2n) is 7.82. The summed E-state index contributed by atoms with van der Waals surface area (Å²) in [5, 5.41) is 7.55. The van der Waals surface area contributed by atoms with Gasteiger partial charge in [0.25, 0.3) is 5.91 Å². The van der Waals surface area contributed by atoms with Crippen LogP contribution in [0.4, 0.5) is 0 Å². The molecule has 0 bridgehead atoms. The Balaban J connectivity index is 1.68. The van der Waals surface area contributed by atoms with Crippen molar-refractivity contribution in [3.63, 3.8) is 0 Å². The van der Waals surface area contributed by atoms with E-state index in [0.29, 0.717) is 11.3 Å². The molecule has 4 rings (SSSR count). The van der Waals surface area contributed by atoms with Gasteiger partial charge < -0.3 is 10.1 Å². The summed E-state index contributed by atoms with van der Waals surface area (Å²) >= 11 is 0. The Bertz CT molecular complexity index is 1080. The lowest BCUT2D eigenvalue weighted by molar-refractivity contribution is -0.129. The van der Waals surface area contributed by atoms with E-state index in [1.165, 1.54) is 0 Å². The van der Waals surface area contributed by atoms with Crippen LogP contribution in [0.3, 0.4) is 0 Å². The molecule has 3 aromatic rings. The van der Waals surface area contributed by atoms with Gasteiger partial charge in [0.1, 0.15) is 11.3 Å². The number of aromatic nitrogens is 2. The summed E-state index contributed by atoms with van der Waals surface area (Å²) < 4.78 is 7.16. The molecule has 1 N–H and O–H groups in total. The largest absolute Gasteiger partial charge is 0.449 e. The number of rotatable bonds is 6. The summed E-state index contributed by atoms with van der Waals surface area (Å²) in [5.41, 5.74) is 4.71. The molecule has 154 valence electrons. The van der Waals surface area contributed by atoms with Crippen molar-refractivity contribution in [3.8, 4) is 16.9 Å². The van der Waals surface area contributed by atoms with Gasteiger partial charge in [-0.15, -0.1) is 0 Å². The molecule has 0 radical (unpaired) electrons. The Labute approximate surface area is 175 Å². The Kier molecular flexibility index (Phi) is 5.40. The summed E-state index contributed by atoms with van der Waals surface area (Å²) in [5.74, 6) is -0.833. The molecule has 0 saturated heterocycles. The van der Waals surface area contributed by atoms with Crippen molar-refractivity contribution in [2.45, 2.75) is 45.8 Å². The normalized spacial score (nSPS) is 14.2. The summed E-state index contributed by atoms with van der Waals surface area (Å²) in [7, 11) is 0. The van der Waals surface area contributed by atoms with Crippen LogP contribution in [-0.2, 0) is 9.53 Å². The van der Waals surface area contributed by atoms with Crippen LogP contribution in [0.2, 0.25) is 0 Å². The van der Waals surface area contributed by atoms with Gasteiger partial charge in [-0.1, -0.05) is 42.0 Å². The number of hydrogen-bond donors (Lipinski definition) is 1. The van der Waals surface area contributed by atoms with Gasteiger partial charge >= 0.3 is 5.97 Å². The monoisotopic (exact) mass is 403 g/mol. The zero-order valence-corrected chi connectivity index (χ0v) is 17.4. The van der Waals surface area contributed by atoms with Crippen LogP contribution in [0.25, 0.3) is 16.9 Å². The predicted octanol–water partition coefficient (Wildman–Crippen LogP) is 3.98. The van der Waals surface area contributed by atoms with E-state index in [9.17, 15) is 9.59 Å². The molecule has 0 aliphatic heterocycles. The molecule has 1 fully saturated rings. The second kappa shape index (κ2) is 8.14. The number of carbonyl (C=O) groups excluding carboxylic acids is 2. The van der Waals surface area contributed by atoms with Crippen LogP contribution in [0, 0.1) is 13.8 Å². The van der Waals surface area contributed by atoms with Crippen molar-refractivity contribution < 1.29 is 14.3 Å². The fraction of sp³-hybridized carbons (Fsp3) is 0.292. The maximum Gasteiger partial charge on any atom is 0.342 e. The number of carbonyl (C=O) groups is 2. The van der Waals surface area contributed by atoms with E-state index in [0.717, 1.165) is 35.2 Å². The molecule has 1 amide bonds. The van der Waals surface area contributed by atoms with Gasteiger partial charge in [-0.3, -0.25) is 4.79 Å². The average Bonchev–Trinajstić information content (AvgIpc) is 3.43. The van der Waals surface area contributed by atoms with Gasteiger partial charge in [0.2, 0.25) is 0 Å². The number of esters is 1. The smallest absolute Gasteiger partial charge is 0.342 e. The van der Waals surface area contributed by atoms with Crippen LogP contribution >= 0.6 is 0 Å². The standard InChI is InChI=1S/C24H25N3O3/c1-15-9-12-20(16(2)13-15)22-21(14-27(26-22)19-7-5-4-6-8-19)24(29)30-17(3)23(28)25-18-10-11-18/h4-9,12-14,17-18H,10-11H2,1-3H3,(H,25,28)/t17-/m1/s1. The molecule has 0 unspecified atom stereocenters. The summed E-state index contributed by atoms with van der Waals surface area (Å²) in [6.07, 6.45) is 2.75. The lowest BCUT2D eigenvalue weighted by atomic mass is 10.0. The molecule has 1 aromatic heterocycles. The average molecular weight is 403 g/mol. The van der Waals surface area contributed by atoms with Gasteiger partial charge in [0.05, 0.1) is 5.69 Å². The first-order valence-corrected chi connectivity index (χ1v) is 10.2. The molecule has 0 spiro atoms. The summed E-state index contributed by atoms with van der Waals surface area (Å²) in [6, 6.07) is 15.8. The Hall–Kier alpha value is -3.41. The van der Waals surface area contributed by atoms with Gasteiger partial charge in [-0.25, -0.2) is 9.48 Å². The molecule has 1 saturated carbocycles. The lowest BCUT2D eigenvalue weighted by Gasteiger charge is -2.13. The molecule has 6 nitrogen and oxygen atoms in total. The van der Waals surface area contributed by atoms with Crippen LogP contribution in [0.1, 0.15) is 41.3 Å². The topological polar surface area (TPSA) is 73.2 Å². The van der Waals surface area contributed by atoms with E-state index in [4.69, 9.17) is 4.74 Å². The lowest BCUT2D eigenvalue weighted by Crippen LogP contribution is -2.37.